The van der Waals surface area contributed by atoms with Crippen LogP contribution in [-0.4, -0.2) is 21.8 Å². The van der Waals surface area contributed by atoms with Crippen LogP contribution in [0, 0.1) is 6.92 Å². The Labute approximate surface area is 174 Å². The largest absolute Gasteiger partial charge is 0.440 e. The average Bonchev–Trinajstić information content (AvgIpc) is 3.45. The Morgan fingerprint density at radius 3 is 2.59 bits per heavy atom. The summed E-state index contributed by atoms with van der Waals surface area (Å²) >= 11 is 2.88. The molecule has 146 valence electrons. The Kier molecular flexibility index (Phi) is 5.50. The molecule has 0 spiro atoms. The van der Waals surface area contributed by atoms with E-state index < -0.39 is 0 Å². The molecule has 0 radical (unpaired) electrons. The van der Waals surface area contributed by atoms with Crippen LogP contribution in [0.25, 0.3) is 10.8 Å². The number of aromatic nitrogens is 2. The Bertz CT molecular complexity index is 1120. The van der Waals surface area contributed by atoms with E-state index >= 15 is 0 Å². The van der Waals surface area contributed by atoms with Crippen molar-refractivity contribution in [1.82, 2.24) is 9.97 Å². The number of benzene rings is 1. The molecule has 4 rings (SSSR count). The zero-order valence-electron chi connectivity index (χ0n) is 15.3. The summed E-state index contributed by atoms with van der Waals surface area (Å²) in [4.78, 5) is 33.9. The maximum Gasteiger partial charge on any atom is 0.257 e. The fourth-order valence-electron chi connectivity index (χ4n) is 2.61. The zero-order chi connectivity index (χ0) is 20.2. The summed E-state index contributed by atoms with van der Waals surface area (Å²) < 4.78 is 5.67. The number of hydrogen-bond acceptors (Lipinski definition) is 7. The smallest absolute Gasteiger partial charge is 0.257 e. The van der Waals surface area contributed by atoms with Crippen LogP contribution >= 0.6 is 22.7 Å². The number of carbonyl (C=O) groups is 2. The lowest BCUT2D eigenvalue weighted by molar-refractivity contribution is -0.115. The van der Waals surface area contributed by atoms with Crippen LogP contribution in [0.4, 0.5) is 10.8 Å². The fraction of sp³-hybridized carbons (Fsp3) is 0.100. The molecule has 0 bridgehead atoms. The van der Waals surface area contributed by atoms with Crippen molar-refractivity contribution in [2.45, 2.75) is 13.3 Å². The average molecular weight is 425 g/mol. The molecule has 4 aromatic rings. The molecule has 0 saturated heterocycles. The van der Waals surface area contributed by atoms with Gasteiger partial charge in [-0.05, 0) is 42.6 Å². The molecule has 3 aromatic heterocycles. The fourth-order valence-corrected chi connectivity index (χ4v) is 3.79. The van der Waals surface area contributed by atoms with E-state index in [2.05, 4.69) is 20.6 Å². The van der Waals surface area contributed by atoms with Crippen LogP contribution in [0.5, 0.6) is 0 Å². The molecule has 9 heteroatoms. The van der Waals surface area contributed by atoms with Gasteiger partial charge in [0.05, 0.1) is 17.0 Å². The first kappa shape index (κ1) is 19.0. The van der Waals surface area contributed by atoms with Gasteiger partial charge in [0.25, 0.3) is 5.91 Å². The first-order valence-electron chi connectivity index (χ1n) is 8.69. The summed E-state index contributed by atoms with van der Waals surface area (Å²) in [5.41, 5.74) is 1.68. The van der Waals surface area contributed by atoms with E-state index in [1.54, 1.807) is 42.8 Å². The van der Waals surface area contributed by atoms with E-state index in [-0.39, 0.29) is 18.2 Å². The molecule has 0 atom stereocenters. The van der Waals surface area contributed by atoms with Gasteiger partial charge in [0, 0.05) is 22.8 Å². The molecule has 2 amide bonds. The van der Waals surface area contributed by atoms with Crippen LogP contribution in [-0.2, 0) is 11.2 Å². The number of thiazole rings is 1. The highest BCUT2D eigenvalue weighted by molar-refractivity contribution is 7.14. The molecule has 0 saturated carbocycles. The van der Waals surface area contributed by atoms with E-state index in [1.165, 1.54) is 22.7 Å². The number of carbonyl (C=O) groups excluding carboxylic acids is 2. The summed E-state index contributed by atoms with van der Waals surface area (Å²) in [5.74, 6) is 0.685. The highest BCUT2D eigenvalue weighted by Crippen LogP contribution is 2.26. The van der Waals surface area contributed by atoms with Crippen LogP contribution in [0.1, 0.15) is 21.8 Å². The second kappa shape index (κ2) is 8.38. The molecule has 0 aliphatic rings. The predicted octanol–water partition coefficient (Wildman–Crippen LogP) is 4.60. The Morgan fingerprint density at radius 1 is 1.07 bits per heavy atom. The topological polar surface area (TPSA) is 97.1 Å². The molecule has 1 aromatic carbocycles. The van der Waals surface area contributed by atoms with Crippen LogP contribution in [0.3, 0.4) is 0 Å². The van der Waals surface area contributed by atoms with E-state index in [4.69, 9.17) is 4.42 Å². The first-order valence-corrected chi connectivity index (χ1v) is 10.5. The van der Waals surface area contributed by atoms with Gasteiger partial charge < -0.3 is 9.73 Å². The van der Waals surface area contributed by atoms with Gasteiger partial charge in [-0.15, -0.1) is 22.7 Å². The van der Waals surface area contributed by atoms with E-state index in [9.17, 15) is 9.59 Å². The number of oxazole rings is 1. The third kappa shape index (κ3) is 4.58. The van der Waals surface area contributed by atoms with Crippen LogP contribution < -0.4 is 10.6 Å². The van der Waals surface area contributed by atoms with Crippen molar-refractivity contribution in [2.24, 2.45) is 0 Å². The van der Waals surface area contributed by atoms with Gasteiger partial charge in [0.1, 0.15) is 5.76 Å². The standard InChI is InChI=1S/C20H16N4O3S2/c1-12-15(23-19(27-12)16-3-2-9-28-16)11-17(25)22-14-6-4-13(5-7-14)18(26)24-20-21-8-10-29-20/h2-10H,11H2,1H3,(H,22,25)(H,21,24,26). The van der Waals surface area contributed by atoms with Crippen molar-refractivity contribution in [2.75, 3.05) is 10.6 Å². The van der Waals surface area contributed by atoms with Crippen molar-refractivity contribution < 1.29 is 14.0 Å². The number of anilines is 2. The maximum absolute atomic E-state index is 12.4. The first-order chi connectivity index (χ1) is 14.1. The molecule has 0 unspecified atom stereocenters. The third-order valence-corrected chi connectivity index (χ3v) is 5.58. The second-order valence-electron chi connectivity index (χ2n) is 6.09. The Hall–Kier alpha value is -3.30. The second-order valence-corrected chi connectivity index (χ2v) is 7.94. The van der Waals surface area contributed by atoms with Crippen molar-refractivity contribution in [3.63, 3.8) is 0 Å². The van der Waals surface area contributed by atoms with Gasteiger partial charge in [-0.3, -0.25) is 14.9 Å². The van der Waals surface area contributed by atoms with Gasteiger partial charge in [-0.2, -0.15) is 0 Å². The molecule has 3 heterocycles. The molecule has 7 nitrogen and oxygen atoms in total. The van der Waals surface area contributed by atoms with Crippen molar-refractivity contribution in [3.05, 3.63) is 70.4 Å². The monoisotopic (exact) mass is 424 g/mol. The number of nitrogens with zero attached hydrogens (tertiary/aromatic N) is 2. The third-order valence-electron chi connectivity index (χ3n) is 4.04. The summed E-state index contributed by atoms with van der Waals surface area (Å²) in [5, 5.41) is 9.80. The number of hydrogen-bond donors (Lipinski definition) is 2. The van der Waals surface area contributed by atoms with Crippen LogP contribution in [0.15, 0.2) is 57.8 Å². The summed E-state index contributed by atoms with van der Waals surface area (Å²) in [6.45, 7) is 1.79. The summed E-state index contributed by atoms with van der Waals surface area (Å²) in [6.07, 6.45) is 1.73. The molecule has 29 heavy (non-hydrogen) atoms. The lowest BCUT2D eigenvalue weighted by Crippen LogP contribution is -2.16. The summed E-state index contributed by atoms with van der Waals surface area (Å²) in [6, 6.07) is 10.5. The van der Waals surface area contributed by atoms with Gasteiger partial charge in [-0.1, -0.05) is 6.07 Å². The highest BCUT2D eigenvalue weighted by atomic mass is 32.1. The quantitative estimate of drug-likeness (QED) is 0.471. The number of rotatable bonds is 6. The van der Waals surface area contributed by atoms with Gasteiger partial charge in [0.15, 0.2) is 5.13 Å². The predicted molar refractivity (Wildman–Crippen MR) is 113 cm³/mol. The number of amides is 2. The molecule has 0 fully saturated rings. The lowest BCUT2D eigenvalue weighted by Gasteiger charge is -2.06. The number of aryl methyl sites for hydroxylation is 1. The number of nitrogens with one attached hydrogen (secondary N) is 2. The van der Waals surface area contributed by atoms with E-state index in [0.29, 0.717) is 33.7 Å². The number of thiophene rings is 1. The normalized spacial score (nSPS) is 10.7. The minimum absolute atomic E-state index is 0.104. The molecular formula is C20H16N4O3S2. The van der Waals surface area contributed by atoms with Crippen molar-refractivity contribution in [1.29, 1.82) is 0 Å². The van der Waals surface area contributed by atoms with E-state index in [0.717, 1.165) is 4.88 Å². The van der Waals surface area contributed by atoms with Crippen molar-refractivity contribution in [3.8, 4) is 10.8 Å². The molecule has 2 N–H and O–H groups in total. The Balaban J connectivity index is 1.37. The SMILES string of the molecule is Cc1oc(-c2cccs2)nc1CC(=O)Nc1ccc(C(=O)Nc2nccs2)cc1. The van der Waals surface area contributed by atoms with Crippen LogP contribution in [0.2, 0.25) is 0 Å². The maximum atomic E-state index is 12.4. The Morgan fingerprint density at radius 2 is 1.90 bits per heavy atom. The minimum Gasteiger partial charge on any atom is -0.440 e. The summed E-state index contributed by atoms with van der Waals surface area (Å²) in [7, 11) is 0. The van der Waals surface area contributed by atoms with Gasteiger partial charge in [-0.25, -0.2) is 9.97 Å². The lowest BCUT2D eigenvalue weighted by atomic mass is 10.2. The van der Waals surface area contributed by atoms with E-state index in [1.807, 2.05) is 17.5 Å². The minimum atomic E-state index is -0.253. The molecule has 0 aliphatic heterocycles. The molecular weight excluding hydrogens is 408 g/mol. The highest BCUT2D eigenvalue weighted by Gasteiger charge is 2.15. The van der Waals surface area contributed by atoms with Gasteiger partial charge >= 0.3 is 0 Å². The zero-order valence-corrected chi connectivity index (χ0v) is 17.0. The van der Waals surface area contributed by atoms with Crippen molar-refractivity contribution >= 4 is 45.3 Å². The van der Waals surface area contributed by atoms with Gasteiger partial charge in [0.2, 0.25) is 11.8 Å². The molecule has 0 aliphatic carbocycles.